The first-order valence-electron chi connectivity index (χ1n) is 11.0. The van der Waals surface area contributed by atoms with Crippen molar-refractivity contribution in [2.45, 2.75) is 52.0 Å². The van der Waals surface area contributed by atoms with E-state index in [4.69, 9.17) is 4.52 Å². The van der Waals surface area contributed by atoms with Crippen LogP contribution < -0.4 is 5.32 Å². The van der Waals surface area contributed by atoms with Gasteiger partial charge in [0.25, 0.3) is 0 Å². The van der Waals surface area contributed by atoms with Gasteiger partial charge >= 0.3 is 0 Å². The van der Waals surface area contributed by atoms with Gasteiger partial charge in [0.1, 0.15) is 5.82 Å². The molecule has 3 heterocycles. The molecule has 1 N–H and O–H groups in total. The maximum atomic E-state index is 13.4. The van der Waals surface area contributed by atoms with Crippen LogP contribution in [0.1, 0.15) is 64.3 Å². The molecule has 1 aliphatic rings. The van der Waals surface area contributed by atoms with E-state index >= 15 is 0 Å². The summed E-state index contributed by atoms with van der Waals surface area (Å²) >= 11 is 1.48. The molecular weight excluding hydrogens is 429 g/mol. The van der Waals surface area contributed by atoms with E-state index in [1.54, 1.807) is 6.07 Å². The number of nitrogens with one attached hydrogen (secondary N) is 1. The highest BCUT2D eigenvalue weighted by molar-refractivity contribution is 7.14. The molecule has 0 radical (unpaired) electrons. The number of halogens is 1. The van der Waals surface area contributed by atoms with Gasteiger partial charge in [0.2, 0.25) is 5.91 Å². The first-order valence-corrected chi connectivity index (χ1v) is 11.9. The summed E-state index contributed by atoms with van der Waals surface area (Å²) in [6, 6.07) is 6.58. The molecule has 0 aliphatic carbocycles. The van der Waals surface area contributed by atoms with Crippen LogP contribution in [0, 0.1) is 12.7 Å². The molecule has 1 saturated heterocycles. The lowest BCUT2D eigenvalue weighted by molar-refractivity contribution is -0.119. The summed E-state index contributed by atoms with van der Waals surface area (Å²) in [5.41, 5.74) is 2.42. The maximum absolute atomic E-state index is 13.4. The zero-order valence-corrected chi connectivity index (χ0v) is 19.3. The Bertz CT molecular complexity index is 1120. The Kier molecular flexibility index (Phi) is 7.01. The molecule has 1 aromatic carbocycles. The SMILES string of the molecule is CC(=O)NCc1cc(C)c(C(=O)CCCN2CCC(c3noc4cc(F)ccc34)CC2)s1. The Labute approximate surface area is 190 Å². The lowest BCUT2D eigenvalue weighted by atomic mass is 9.91. The summed E-state index contributed by atoms with van der Waals surface area (Å²) in [7, 11) is 0. The Hall–Kier alpha value is -2.58. The third-order valence-electron chi connectivity index (χ3n) is 6.05. The second-order valence-electron chi connectivity index (χ2n) is 8.49. The smallest absolute Gasteiger partial charge is 0.217 e. The first kappa shape index (κ1) is 22.6. The quantitative estimate of drug-likeness (QED) is 0.491. The van der Waals surface area contributed by atoms with Crippen LogP contribution in [0.2, 0.25) is 0 Å². The van der Waals surface area contributed by atoms with Crippen molar-refractivity contribution in [1.82, 2.24) is 15.4 Å². The Morgan fingerprint density at radius 3 is 2.81 bits per heavy atom. The minimum Gasteiger partial charge on any atom is -0.356 e. The van der Waals surface area contributed by atoms with Crippen molar-refractivity contribution in [1.29, 1.82) is 0 Å². The molecule has 170 valence electrons. The van der Waals surface area contributed by atoms with Crippen LogP contribution in [-0.4, -0.2) is 41.4 Å². The zero-order chi connectivity index (χ0) is 22.7. The molecule has 0 bridgehead atoms. The summed E-state index contributed by atoms with van der Waals surface area (Å²) in [5, 5.41) is 7.89. The van der Waals surface area contributed by atoms with Crippen LogP contribution in [0.4, 0.5) is 4.39 Å². The number of rotatable bonds is 8. The van der Waals surface area contributed by atoms with E-state index in [0.717, 1.165) is 65.3 Å². The fraction of sp³-hybridized carbons (Fsp3) is 0.458. The third kappa shape index (κ3) is 5.24. The number of thiophene rings is 1. The average molecular weight is 458 g/mol. The van der Waals surface area contributed by atoms with E-state index in [9.17, 15) is 14.0 Å². The van der Waals surface area contributed by atoms with E-state index < -0.39 is 0 Å². The van der Waals surface area contributed by atoms with Gasteiger partial charge in [-0.15, -0.1) is 11.3 Å². The summed E-state index contributed by atoms with van der Waals surface area (Å²) in [5.74, 6) is 0.109. The molecule has 1 amide bonds. The highest BCUT2D eigenvalue weighted by Gasteiger charge is 2.25. The van der Waals surface area contributed by atoms with E-state index in [1.165, 1.54) is 30.4 Å². The summed E-state index contributed by atoms with van der Waals surface area (Å²) in [4.78, 5) is 28.0. The largest absolute Gasteiger partial charge is 0.356 e. The molecule has 0 atom stereocenters. The highest BCUT2D eigenvalue weighted by atomic mass is 32.1. The van der Waals surface area contributed by atoms with Gasteiger partial charge < -0.3 is 14.7 Å². The number of aryl methyl sites for hydroxylation is 1. The topological polar surface area (TPSA) is 75.4 Å². The second-order valence-corrected chi connectivity index (χ2v) is 9.62. The van der Waals surface area contributed by atoms with Crippen LogP contribution in [-0.2, 0) is 11.3 Å². The predicted molar refractivity (Wildman–Crippen MR) is 123 cm³/mol. The molecule has 0 spiro atoms. The molecule has 0 saturated carbocycles. The lowest BCUT2D eigenvalue weighted by Gasteiger charge is -2.31. The molecule has 4 rings (SSSR count). The van der Waals surface area contributed by atoms with Crippen molar-refractivity contribution >= 4 is 34.0 Å². The second kappa shape index (κ2) is 9.92. The van der Waals surface area contributed by atoms with Crippen molar-refractivity contribution in [2.24, 2.45) is 0 Å². The molecule has 8 heteroatoms. The molecule has 2 aromatic heterocycles. The van der Waals surface area contributed by atoms with Crippen molar-refractivity contribution in [3.63, 3.8) is 0 Å². The van der Waals surface area contributed by atoms with Crippen LogP contribution in [0.25, 0.3) is 11.0 Å². The molecule has 32 heavy (non-hydrogen) atoms. The van der Waals surface area contributed by atoms with Gasteiger partial charge in [-0.3, -0.25) is 9.59 Å². The van der Waals surface area contributed by atoms with Gasteiger partial charge in [-0.1, -0.05) is 5.16 Å². The monoisotopic (exact) mass is 457 g/mol. The van der Waals surface area contributed by atoms with Gasteiger partial charge in [0, 0.05) is 35.6 Å². The number of hydrogen-bond acceptors (Lipinski definition) is 6. The van der Waals surface area contributed by atoms with Gasteiger partial charge in [-0.25, -0.2) is 4.39 Å². The fourth-order valence-corrected chi connectivity index (χ4v) is 5.43. The van der Waals surface area contributed by atoms with Crippen molar-refractivity contribution < 1.29 is 18.5 Å². The number of nitrogens with zero attached hydrogens (tertiary/aromatic N) is 2. The van der Waals surface area contributed by atoms with Crippen LogP contribution >= 0.6 is 11.3 Å². The predicted octanol–water partition coefficient (Wildman–Crippen LogP) is 4.82. The summed E-state index contributed by atoms with van der Waals surface area (Å²) < 4.78 is 18.7. The number of likely N-dealkylation sites (tertiary alicyclic amines) is 1. The highest BCUT2D eigenvalue weighted by Crippen LogP contribution is 2.33. The number of ketones is 1. The van der Waals surface area contributed by atoms with E-state index in [1.807, 2.05) is 13.0 Å². The molecule has 6 nitrogen and oxygen atoms in total. The fourth-order valence-electron chi connectivity index (χ4n) is 4.36. The van der Waals surface area contributed by atoms with Crippen molar-refractivity contribution in [3.8, 4) is 0 Å². The number of Topliss-reactive ketones (excluding diaryl/α,β-unsaturated/α-hetero) is 1. The summed E-state index contributed by atoms with van der Waals surface area (Å²) in [6.07, 6.45) is 3.31. The number of aromatic nitrogens is 1. The van der Waals surface area contributed by atoms with Crippen LogP contribution in [0.3, 0.4) is 0 Å². The van der Waals surface area contributed by atoms with Gasteiger partial charge in [-0.05, 0) is 69.6 Å². The zero-order valence-electron chi connectivity index (χ0n) is 18.4. The summed E-state index contributed by atoms with van der Waals surface area (Å²) in [6.45, 7) is 6.71. The van der Waals surface area contributed by atoms with Gasteiger partial charge in [-0.2, -0.15) is 0 Å². The van der Waals surface area contributed by atoms with E-state index in [2.05, 4.69) is 15.4 Å². The van der Waals surface area contributed by atoms with E-state index in [0.29, 0.717) is 24.5 Å². The maximum Gasteiger partial charge on any atom is 0.217 e. The average Bonchev–Trinajstić information content (AvgIpc) is 3.35. The van der Waals surface area contributed by atoms with Crippen molar-refractivity contribution in [2.75, 3.05) is 19.6 Å². The number of fused-ring (bicyclic) bond motifs is 1. The standard InChI is InChI=1S/C24H28FN3O3S/c1-15-12-19(14-26-16(2)29)32-24(15)21(30)4-3-9-28-10-7-17(8-11-28)23-20-6-5-18(25)13-22(20)31-27-23/h5-6,12-13,17H,3-4,7-11,14H2,1-2H3,(H,26,29). The number of amides is 1. The van der Waals surface area contributed by atoms with Crippen LogP contribution in [0.15, 0.2) is 28.8 Å². The number of hydrogen-bond donors (Lipinski definition) is 1. The minimum atomic E-state index is -0.314. The number of piperidine rings is 1. The third-order valence-corrected chi connectivity index (χ3v) is 7.33. The molecule has 1 fully saturated rings. The Morgan fingerprint density at radius 2 is 2.06 bits per heavy atom. The number of carbonyl (C=O) groups excluding carboxylic acids is 2. The van der Waals surface area contributed by atoms with Gasteiger partial charge in [0.05, 0.1) is 17.1 Å². The van der Waals surface area contributed by atoms with Crippen molar-refractivity contribution in [3.05, 3.63) is 51.1 Å². The normalized spacial score (nSPS) is 15.3. The molecular formula is C24H28FN3O3S. The first-order chi connectivity index (χ1) is 15.4. The lowest BCUT2D eigenvalue weighted by Crippen LogP contribution is -2.34. The molecule has 1 aliphatic heterocycles. The molecule has 0 unspecified atom stereocenters. The Morgan fingerprint density at radius 1 is 1.28 bits per heavy atom. The molecule has 3 aromatic rings. The number of carbonyl (C=O) groups is 2. The Balaban J connectivity index is 1.24. The van der Waals surface area contributed by atoms with Gasteiger partial charge in [0.15, 0.2) is 11.4 Å². The van der Waals surface area contributed by atoms with E-state index in [-0.39, 0.29) is 17.5 Å². The number of benzene rings is 1. The minimum absolute atomic E-state index is 0.0710. The van der Waals surface area contributed by atoms with Crippen LogP contribution in [0.5, 0.6) is 0 Å².